The maximum atomic E-state index is 4.55. The number of hydrogen-bond acceptors (Lipinski definition) is 3. The van der Waals surface area contributed by atoms with Gasteiger partial charge in [-0.05, 0) is 48.9 Å². The molecule has 2 heterocycles. The van der Waals surface area contributed by atoms with Crippen molar-refractivity contribution >= 4 is 0 Å². The summed E-state index contributed by atoms with van der Waals surface area (Å²) in [6.07, 6.45) is 5.71. The quantitative estimate of drug-likeness (QED) is 0.866. The molecule has 0 radical (unpaired) electrons. The Morgan fingerprint density at radius 2 is 1.79 bits per heavy atom. The van der Waals surface area contributed by atoms with Gasteiger partial charge in [0.05, 0.1) is 5.69 Å². The van der Waals surface area contributed by atoms with Crippen LogP contribution in [-0.4, -0.2) is 47.0 Å². The second kappa shape index (κ2) is 7.04. The first-order chi connectivity index (χ1) is 11.8. The van der Waals surface area contributed by atoms with E-state index in [0.717, 1.165) is 25.7 Å². The first-order valence-electron chi connectivity index (χ1n) is 9.23. The number of rotatable bonds is 3. The van der Waals surface area contributed by atoms with Gasteiger partial charge in [0.25, 0.3) is 0 Å². The summed E-state index contributed by atoms with van der Waals surface area (Å²) in [4.78, 5) is 9.83. The fourth-order valence-corrected chi connectivity index (χ4v) is 4.17. The lowest BCUT2D eigenvalue weighted by Crippen LogP contribution is -2.51. The first-order valence-corrected chi connectivity index (χ1v) is 9.23. The Labute approximate surface area is 145 Å². The van der Waals surface area contributed by atoms with Crippen molar-refractivity contribution in [3.63, 3.8) is 0 Å². The second-order valence-corrected chi connectivity index (χ2v) is 7.24. The molecule has 1 aliphatic heterocycles. The minimum atomic E-state index is 0.735. The van der Waals surface area contributed by atoms with Crippen LogP contribution in [0.15, 0.2) is 42.6 Å². The molecule has 126 valence electrons. The molecular formula is C21H27N3. The Balaban J connectivity index is 1.33. The molecule has 0 bridgehead atoms. The summed E-state index contributed by atoms with van der Waals surface area (Å²) >= 11 is 0. The summed E-state index contributed by atoms with van der Waals surface area (Å²) < 4.78 is 0. The van der Waals surface area contributed by atoms with Crippen molar-refractivity contribution in [3.8, 4) is 0 Å². The zero-order valence-corrected chi connectivity index (χ0v) is 14.6. The molecule has 2 aliphatic rings. The number of hydrogen-bond donors (Lipinski definition) is 0. The molecule has 1 aromatic carbocycles. The Morgan fingerprint density at radius 1 is 1.00 bits per heavy atom. The van der Waals surface area contributed by atoms with Gasteiger partial charge in [-0.25, -0.2) is 0 Å². The molecule has 2 aromatic rings. The molecule has 1 unspecified atom stereocenters. The fraction of sp³-hybridized carbons (Fsp3) is 0.476. The molecule has 3 nitrogen and oxygen atoms in total. The molecule has 1 atom stereocenters. The summed E-state index contributed by atoms with van der Waals surface area (Å²) in [6, 6.07) is 13.9. The van der Waals surface area contributed by atoms with Crippen LogP contribution >= 0.6 is 0 Å². The molecule has 1 saturated heterocycles. The Bertz CT molecular complexity index is 689. The van der Waals surface area contributed by atoms with E-state index in [4.69, 9.17) is 0 Å². The van der Waals surface area contributed by atoms with Crippen LogP contribution in [-0.2, 0) is 19.4 Å². The maximum Gasteiger partial charge on any atom is 0.0573 e. The van der Waals surface area contributed by atoms with Crippen LogP contribution < -0.4 is 0 Å². The van der Waals surface area contributed by atoms with E-state index in [1.807, 2.05) is 12.3 Å². The number of aryl methyl sites for hydroxylation is 2. The molecule has 0 saturated carbocycles. The highest BCUT2D eigenvalue weighted by atomic mass is 15.3. The van der Waals surface area contributed by atoms with Gasteiger partial charge in [-0.3, -0.25) is 14.8 Å². The van der Waals surface area contributed by atoms with E-state index in [-0.39, 0.29) is 0 Å². The van der Waals surface area contributed by atoms with Crippen molar-refractivity contribution in [2.75, 3.05) is 26.2 Å². The summed E-state index contributed by atoms with van der Waals surface area (Å²) in [7, 11) is 0. The number of piperazine rings is 1. The zero-order chi connectivity index (χ0) is 16.4. The highest BCUT2D eigenvalue weighted by Crippen LogP contribution is 2.25. The lowest BCUT2D eigenvalue weighted by atomic mass is 9.87. The number of fused-ring (bicyclic) bond motifs is 1. The van der Waals surface area contributed by atoms with E-state index in [1.54, 1.807) is 11.1 Å². The van der Waals surface area contributed by atoms with Crippen molar-refractivity contribution in [2.45, 2.75) is 38.8 Å². The van der Waals surface area contributed by atoms with Crippen LogP contribution in [0.5, 0.6) is 0 Å². The van der Waals surface area contributed by atoms with Crippen molar-refractivity contribution < 1.29 is 0 Å². The normalized spacial score (nSPS) is 22.3. The van der Waals surface area contributed by atoms with E-state index in [0.29, 0.717) is 0 Å². The van der Waals surface area contributed by atoms with Crippen molar-refractivity contribution in [1.82, 2.24) is 14.8 Å². The largest absolute Gasteiger partial charge is 0.298 e. The van der Waals surface area contributed by atoms with Crippen LogP contribution in [0.1, 0.15) is 28.8 Å². The van der Waals surface area contributed by atoms with Gasteiger partial charge in [-0.2, -0.15) is 0 Å². The predicted molar refractivity (Wildman–Crippen MR) is 98.1 cm³/mol. The van der Waals surface area contributed by atoms with Crippen LogP contribution in [0, 0.1) is 6.92 Å². The van der Waals surface area contributed by atoms with Gasteiger partial charge in [0, 0.05) is 45.0 Å². The zero-order valence-electron chi connectivity index (χ0n) is 14.6. The summed E-state index contributed by atoms with van der Waals surface area (Å²) in [5, 5.41) is 0. The Kier molecular flexibility index (Phi) is 4.63. The third-order valence-electron chi connectivity index (χ3n) is 5.74. The Morgan fingerprint density at radius 3 is 2.58 bits per heavy atom. The molecule has 1 fully saturated rings. The van der Waals surface area contributed by atoms with Gasteiger partial charge >= 0.3 is 0 Å². The fourth-order valence-electron chi connectivity index (χ4n) is 4.17. The number of nitrogens with zero attached hydrogens (tertiary/aromatic N) is 3. The third kappa shape index (κ3) is 3.38. The molecular weight excluding hydrogens is 294 g/mol. The highest BCUT2D eigenvalue weighted by Gasteiger charge is 2.27. The van der Waals surface area contributed by atoms with Gasteiger partial charge in [0.2, 0.25) is 0 Å². The molecule has 4 rings (SSSR count). The minimum absolute atomic E-state index is 0.735. The molecule has 24 heavy (non-hydrogen) atoms. The van der Waals surface area contributed by atoms with Crippen molar-refractivity contribution in [1.29, 1.82) is 0 Å². The van der Waals surface area contributed by atoms with E-state index >= 15 is 0 Å². The molecule has 0 amide bonds. The van der Waals surface area contributed by atoms with E-state index in [2.05, 4.69) is 52.0 Å². The SMILES string of the molecule is Cc1cccnc1CN1CCN(C2CCc3ccccc3C2)CC1. The van der Waals surface area contributed by atoms with Crippen LogP contribution in [0.25, 0.3) is 0 Å². The van der Waals surface area contributed by atoms with Gasteiger partial charge in [0.1, 0.15) is 0 Å². The van der Waals surface area contributed by atoms with Crippen LogP contribution in [0.3, 0.4) is 0 Å². The van der Waals surface area contributed by atoms with Gasteiger partial charge in [-0.1, -0.05) is 30.3 Å². The van der Waals surface area contributed by atoms with Gasteiger partial charge < -0.3 is 0 Å². The van der Waals surface area contributed by atoms with E-state index in [1.165, 1.54) is 43.6 Å². The summed E-state index contributed by atoms with van der Waals surface area (Å²) in [6.45, 7) is 7.87. The lowest BCUT2D eigenvalue weighted by Gasteiger charge is -2.41. The molecule has 0 N–H and O–H groups in total. The molecule has 3 heteroatoms. The number of aromatic nitrogens is 1. The smallest absolute Gasteiger partial charge is 0.0573 e. The predicted octanol–water partition coefficient (Wildman–Crippen LogP) is 3.07. The first kappa shape index (κ1) is 15.8. The minimum Gasteiger partial charge on any atom is -0.298 e. The van der Waals surface area contributed by atoms with Crippen molar-refractivity contribution in [2.24, 2.45) is 0 Å². The summed E-state index contributed by atoms with van der Waals surface area (Å²) in [5.41, 5.74) is 5.68. The van der Waals surface area contributed by atoms with Crippen LogP contribution in [0.2, 0.25) is 0 Å². The van der Waals surface area contributed by atoms with E-state index < -0.39 is 0 Å². The molecule has 1 aliphatic carbocycles. The third-order valence-corrected chi connectivity index (χ3v) is 5.74. The molecule has 0 spiro atoms. The standard InChI is InChI=1S/C21H27N3/c1-17-5-4-10-22-21(17)16-23-11-13-24(14-12-23)20-9-8-18-6-2-3-7-19(18)15-20/h2-7,10,20H,8-9,11-16H2,1H3. The average Bonchev–Trinajstić information content (AvgIpc) is 2.64. The van der Waals surface area contributed by atoms with Crippen molar-refractivity contribution in [3.05, 3.63) is 65.0 Å². The van der Waals surface area contributed by atoms with Gasteiger partial charge in [0.15, 0.2) is 0 Å². The Hall–Kier alpha value is -1.71. The lowest BCUT2D eigenvalue weighted by molar-refractivity contribution is 0.0848. The second-order valence-electron chi connectivity index (χ2n) is 7.24. The maximum absolute atomic E-state index is 4.55. The van der Waals surface area contributed by atoms with Crippen LogP contribution in [0.4, 0.5) is 0 Å². The summed E-state index contributed by atoms with van der Waals surface area (Å²) in [5.74, 6) is 0. The van der Waals surface area contributed by atoms with Gasteiger partial charge in [-0.15, -0.1) is 0 Å². The number of pyridine rings is 1. The van der Waals surface area contributed by atoms with E-state index in [9.17, 15) is 0 Å². The molecule has 1 aromatic heterocycles. The number of benzene rings is 1. The monoisotopic (exact) mass is 321 g/mol. The topological polar surface area (TPSA) is 19.4 Å². The highest BCUT2D eigenvalue weighted by molar-refractivity contribution is 5.30. The average molecular weight is 321 g/mol.